The molecule has 2 N–H and O–H groups in total. The van der Waals surface area contributed by atoms with Crippen LogP contribution in [0.3, 0.4) is 0 Å². The molecule has 0 saturated carbocycles. The van der Waals surface area contributed by atoms with E-state index in [9.17, 15) is 0 Å². The molecular formula is C8H17NO. The molecule has 0 aliphatic carbocycles. The maximum absolute atomic E-state index is 5.54. The van der Waals surface area contributed by atoms with Gasteiger partial charge >= 0.3 is 0 Å². The van der Waals surface area contributed by atoms with E-state index >= 15 is 0 Å². The number of ether oxygens (including phenoxy) is 1. The first-order valence-electron chi connectivity index (χ1n) is 4.05. The summed E-state index contributed by atoms with van der Waals surface area (Å²) in [6, 6.07) is 0. The number of hydrogen-bond donors (Lipinski definition) is 1. The quantitative estimate of drug-likeness (QED) is 0.626. The zero-order chi connectivity index (χ0) is 7.56. The first kappa shape index (κ1) is 8.02. The molecule has 0 radical (unpaired) electrons. The van der Waals surface area contributed by atoms with E-state index in [1.54, 1.807) is 0 Å². The van der Waals surface area contributed by atoms with E-state index < -0.39 is 0 Å². The van der Waals surface area contributed by atoms with Crippen molar-refractivity contribution in [2.24, 2.45) is 17.6 Å². The Bertz CT molecular complexity index is 103. The lowest BCUT2D eigenvalue weighted by molar-refractivity contribution is 0.0733. The second kappa shape index (κ2) is 3.35. The molecule has 1 saturated heterocycles. The van der Waals surface area contributed by atoms with Crippen LogP contribution in [-0.4, -0.2) is 19.3 Å². The van der Waals surface area contributed by atoms with Crippen LogP contribution in [-0.2, 0) is 4.74 Å². The van der Waals surface area contributed by atoms with Crippen LogP contribution in [0.15, 0.2) is 0 Å². The van der Waals surface area contributed by atoms with Gasteiger partial charge in [-0.05, 0) is 24.8 Å². The van der Waals surface area contributed by atoms with Crippen molar-refractivity contribution in [3.8, 4) is 0 Å². The largest absolute Gasteiger partial charge is 0.378 e. The van der Waals surface area contributed by atoms with Gasteiger partial charge < -0.3 is 10.5 Å². The van der Waals surface area contributed by atoms with Gasteiger partial charge in [0, 0.05) is 0 Å². The minimum Gasteiger partial charge on any atom is -0.378 e. The Kier molecular flexibility index (Phi) is 2.69. The van der Waals surface area contributed by atoms with Gasteiger partial charge in [-0.15, -0.1) is 0 Å². The highest BCUT2D eigenvalue weighted by Gasteiger charge is 2.26. The summed E-state index contributed by atoms with van der Waals surface area (Å²) in [5, 5.41) is 0. The van der Waals surface area contributed by atoms with Gasteiger partial charge in [-0.25, -0.2) is 0 Å². The van der Waals surface area contributed by atoms with E-state index in [0.29, 0.717) is 17.9 Å². The molecule has 1 heterocycles. The summed E-state index contributed by atoms with van der Waals surface area (Å²) >= 11 is 0. The van der Waals surface area contributed by atoms with Gasteiger partial charge in [0.15, 0.2) is 0 Å². The number of nitrogens with two attached hydrogens (primary N) is 1. The third-order valence-electron chi connectivity index (χ3n) is 2.19. The fourth-order valence-corrected chi connectivity index (χ4v) is 1.35. The van der Waals surface area contributed by atoms with E-state index in [-0.39, 0.29) is 0 Å². The van der Waals surface area contributed by atoms with E-state index in [0.717, 1.165) is 19.6 Å². The lowest BCUT2D eigenvalue weighted by atomic mass is 9.99. The molecule has 1 rings (SSSR count). The Morgan fingerprint density at radius 3 is 2.60 bits per heavy atom. The molecule has 1 aliphatic heterocycles. The van der Waals surface area contributed by atoms with Crippen molar-refractivity contribution in [1.82, 2.24) is 0 Å². The van der Waals surface area contributed by atoms with Crippen molar-refractivity contribution in [2.75, 3.05) is 13.2 Å². The average Bonchev–Trinajstić information content (AvgIpc) is 2.34. The molecule has 0 spiro atoms. The maximum Gasteiger partial charge on any atom is 0.0602 e. The monoisotopic (exact) mass is 143 g/mol. The van der Waals surface area contributed by atoms with E-state index in [4.69, 9.17) is 10.5 Å². The van der Waals surface area contributed by atoms with Gasteiger partial charge in [-0.2, -0.15) is 0 Å². The predicted molar refractivity (Wildman–Crippen MR) is 41.7 cm³/mol. The highest BCUT2D eigenvalue weighted by Crippen LogP contribution is 2.23. The van der Waals surface area contributed by atoms with Gasteiger partial charge in [0.2, 0.25) is 0 Å². The van der Waals surface area contributed by atoms with Gasteiger partial charge in [-0.3, -0.25) is 0 Å². The highest BCUT2D eigenvalue weighted by atomic mass is 16.5. The summed E-state index contributed by atoms with van der Waals surface area (Å²) in [5.74, 6) is 1.27. The molecule has 0 aromatic rings. The summed E-state index contributed by atoms with van der Waals surface area (Å²) in [4.78, 5) is 0. The Morgan fingerprint density at radius 1 is 1.60 bits per heavy atom. The Hall–Kier alpha value is -0.0800. The molecule has 0 aromatic heterocycles. The zero-order valence-electron chi connectivity index (χ0n) is 6.84. The third kappa shape index (κ3) is 1.70. The minimum atomic E-state index is 0.466. The van der Waals surface area contributed by atoms with Crippen LogP contribution >= 0.6 is 0 Å². The van der Waals surface area contributed by atoms with Gasteiger partial charge in [-0.1, -0.05) is 13.8 Å². The molecule has 1 fully saturated rings. The molecule has 2 nitrogen and oxygen atoms in total. The fourth-order valence-electron chi connectivity index (χ4n) is 1.35. The van der Waals surface area contributed by atoms with Crippen LogP contribution in [0.2, 0.25) is 0 Å². The van der Waals surface area contributed by atoms with E-state index in [2.05, 4.69) is 13.8 Å². The summed E-state index contributed by atoms with van der Waals surface area (Å²) in [6.45, 7) is 6.05. The van der Waals surface area contributed by atoms with Crippen LogP contribution < -0.4 is 5.73 Å². The summed E-state index contributed by atoms with van der Waals surface area (Å²) < 4.78 is 5.54. The molecule has 1 aliphatic rings. The van der Waals surface area contributed by atoms with Crippen LogP contribution in [0.5, 0.6) is 0 Å². The standard InChI is InChI=1S/C8H17NO/c1-6(2)8-3-7(4-9)5-10-8/h6-8H,3-5,9H2,1-2H3. The Labute approximate surface area is 62.7 Å². The Morgan fingerprint density at radius 2 is 2.30 bits per heavy atom. The fraction of sp³-hybridized carbons (Fsp3) is 1.00. The molecule has 0 bridgehead atoms. The van der Waals surface area contributed by atoms with Crippen molar-refractivity contribution >= 4 is 0 Å². The topological polar surface area (TPSA) is 35.2 Å². The predicted octanol–water partition coefficient (Wildman–Crippen LogP) is 1.01. The molecule has 2 atom stereocenters. The molecule has 2 heteroatoms. The number of hydrogen-bond acceptors (Lipinski definition) is 2. The average molecular weight is 143 g/mol. The summed E-state index contributed by atoms with van der Waals surface area (Å²) in [6.07, 6.45) is 1.63. The van der Waals surface area contributed by atoms with E-state index in [1.807, 2.05) is 0 Å². The van der Waals surface area contributed by atoms with Gasteiger partial charge in [0.05, 0.1) is 12.7 Å². The molecule has 60 valence electrons. The SMILES string of the molecule is CC(C)C1CC(CN)CO1. The molecule has 0 aromatic carbocycles. The summed E-state index contributed by atoms with van der Waals surface area (Å²) in [7, 11) is 0. The van der Waals surface area contributed by atoms with Gasteiger partial charge in [0.25, 0.3) is 0 Å². The molecule has 10 heavy (non-hydrogen) atoms. The van der Waals surface area contributed by atoms with E-state index in [1.165, 1.54) is 0 Å². The van der Waals surface area contributed by atoms with Crippen molar-refractivity contribution in [3.05, 3.63) is 0 Å². The van der Waals surface area contributed by atoms with Crippen LogP contribution in [0.4, 0.5) is 0 Å². The van der Waals surface area contributed by atoms with Crippen molar-refractivity contribution in [3.63, 3.8) is 0 Å². The third-order valence-corrected chi connectivity index (χ3v) is 2.19. The normalized spacial score (nSPS) is 33.6. The van der Waals surface area contributed by atoms with Gasteiger partial charge in [0.1, 0.15) is 0 Å². The zero-order valence-corrected chi connectivity index (χ0v) is 6.84. The lowest BCUT2D eigenvalue weighted by Gasteiger charge is -2.12. The molecular weight excluding hydrogens is 126 g/mol. The van der Waals surface area contributed by atoms with Crippen LogP contribution in [0.25, 0.3) is 0 Å². The Balaban J connectivity index is 2.28. The van der Waals surface area contributed by atoms with Crippen LogP contribution in [0.1, 0.15) is 20.3 Å². The molecule has 0 amide bonds. The molecule has 2 unspecified atom stereocenters. The van der Waals surface area contributed by atoms with Crippen molar-refractivity contribution in [2.45, 2.75) is 26.4 Å². The van der Waals surface area contributed by atoms with Crippen molar-refractivity contribution in [1.29, 1.82) is 0 Å². The highest BCUT2D eigenvalue weighted by molar-refractivity contribution is 4.75. The maximum atomic E-state index is 5.54. The first-order chi connectivity index (χ1) is 4.74. The van der Waals surface area contributed by atoms with Crippen molar-refractivity contribution < 1.29 is 4.74 Å². The summed E-state index contributed by atoms with van der Waals surface area (Å²) in [5.41, 5.74) is 5.52. The number of rotatable bonds is 2. The second-order valence-corrected chi connectivity index (χ2v) is 3.45. The first-order valence-corrected chi connectivity index (χ1v) is 4.05. The smallest absolute Gasteiger partial charge is 0.0602 e. The second-order valence-electron chi connectivity index (χ2n) is 3.45. The van der Waals surface area contributed by atoms with Crippen LogP contribution in [0, 0.1) is 11.8 Å². The minimum absolute atomic E-state index is 0.466. The lowest BCUT2D eigenvalue weighted by Crippen LogP contribution is -2.16.